The fourth-order valence-corrected chi connectivity index (χ4v) is 3.53. The van der Waals surface area contributed by atoms with Crippen LogP contribution in [0.5, 0.6) is 0 Å². The Morgan fingerprint density at radius 1 is 1.21 bits per heavy atom. The second-order valence-electron chi connectivity index (χ2n) is 6.98. The summed E-state index contributed by atoms with van der Waals surface area (Å²) in [5.41, 5.74) is 3.33. The fourth-order valence-electron chi connectivity index (χ4n) is 3.53. The van der Waals surface area contributed by atoms with Gasteiger partial charge in [-0.05, 0) is 63.4 Å². The number of nitrogens with one attached hydrogen (secondary N) is 1. The molecular weight excluding hydrogens is 361 g/mol. The second-order valence-corrected chi connectivity index (χ2v) is 6.98. The predicted octanol–water partition coefficient (Wildman–Crippen LogP) is 2.31. The molecule has 0 fully saturated rings. The minimum Gasteiger partial charge on any atom is -0.325 e. The van der Waals surface area contributed by atoms with Crippen molar-refractivity contribution in [1.82, 2.24) is 19.3 Å². The van der Waals surface area contributed by atoms with E-state index >= 15 is 0 Å². The number of nitrogens with zero attached hydrogens (tertiary/aromatic N) is 4. The molecule has 7 nitrogen and oxygen atoms in total. The summed E-state index contributed by atoms with van der Waals surface area (Å²) in [4.78, 5) is 30.3. The van der Waals surface area contributed by atoms with Crippen LogP contribution in [-0.4, -0.2) is 25.2 Å². The van der Waals surface area contributed by atoms with Gasteiger partial charge in [-0.1, -0.05) is 0 Å². The van der Waals surface area contributed by atoms with E-state index in [1.165, 1.54) is 28.8 Å². The van der Waals surface area contributed by atoms with Crippen molar-refractivity contribution < 1.29 is 9.18 Å². The van der Waals surface area contributed by atoms with Gasteiger partial charge in [0, 0.05) is 16.9 Å². The molecule has 0 bridgehead atoms. The molecule has 0 atom stereocenters. The van der Waals surface area contributed by atoms with Crippen molar-refractivity contribution in [2.45, 2.75) is 39.7 Å². The van der Waals surface area contributed by atoms with E-state index in [4.69, 9.17) is 0 Å². The number of fused-ring (bicyclic) bond motifs is 1. The molecule has 0 saturated carbocycles. The van der Waals surface area contributed by atoms with Gasteiger partial charge >= 0.3 is 0 Å². The Hall–Kier alpha value is -3.29. The number of carbonyl (C=O) groups excluding carboxylic acids is 1. The molecule has 144 valence electrons. The number of anilines is 1. The minimum atomic E-state index is -0.392. The lowest BCUT2D eigenvalue weighted by molar-refractivity contribution is -0.116. The van der Waals surface area contributed by atoms with Crippen molar-refractivity contribution in [3.8, 4) is 5.95 Å². The predicted molar refractivity (Wildman–Crippen MR) is 102 cm³/mol. The van der Waals surface area contributed by atoms with E-state index in [9.17, 15) is 14.0 Å². The maximum atomic E-state index is 13.1. The summed E-state index contributed by atoms with van der Waals surface area (Å²) < 4.78 is 16.0. The zero-order chi connectivity index (χ0) is 19.8. The van der Waals surface area contributed by atoms with E-state index in [0.29, 0.717) is 23.6 Å². The molecule has 1 aliphatic rings. The number of aryl methyl sites for hydroxylation is 3. The van der Waals surface area contributed by atoms with Gasteiger partial charge in [-0.15, -0.1) is 0 Å². The van der Waals surface area contributed by atoms with Gasteiger partial charge in [-0.2, -0.15) is 5.10 Å². The molecule has 2 heterocycles. The summed E-state index contributed by atoms with van der Waals surface area (Å²) in [7, 11) is 0. The molecular formula is C20H20FN5O2. The van der Waals surface area contributed by atoms with Gasteiger partial charge in [0.2, 0.25) is 11.9 Å². The third-order valence-corrected chi connectivity index (χ3v) is 4.80. The van der Waals surface area contributed by atoms with Gasteiger partial charge in [-0.25, -0.2) is 14.1 Å². The van der Waals surface area contributed by atoms with E-state index in [1.54, 1.807) is 4.68 Å². The van der Waals surface area contributed by atoms with Crippen LogP contribution in [0.2, 0.25) is 0 Å². The number of rotatable bonds is 4. The van der Waals surface area contributed by atoms with Crippen LogP contribution in [-0.2, 0) is 24.2 Å². The smallest absolute Gasteiger partial charge is 0.258 e. The standard InChI is InChI=1S/C20H20FN5O2/c1-12-10-13(2)26(24-12)20-23-17-5-3-4-16(17)19(28)25(20)11-18(27)22-15-8-6-14(21)7-9-15/h6-10H,3-5,11H2,1-2H3,(H,22,27). The molecule has 28 heavy (non-hydrogen) atoms. The summed E-state index contributed by atoms with van der Waals surface area (Å²) in [6.07, 6.45) is 2.29. The normalized spacial score (nSPS) is 12.8. The van der Waals surface area contributed by atoms with Gasteiger partial charge in [0.05, 0.1) is 11.4 Å². The Bertz CT molecular complexity index is 1110. The number of carbonyl (C=O) groups is 1. The second kappa shape index (κ2) is 7.03. The first-order valence-electron chi connectivity index (χ1n) is 9.14. The summed E-state index contributed by atoms with van der Waals surface area (Å²) >= 11 is 0. The first kappa shape index (κ1) is 18.1. The average molecular weight is 381 g/mol. The molecule has 0 aliphatic heterocycles. The van der Waals surface area contributed by atoms with E-state index in [2.05, 4.69) is 15.4 Å². The number of hydrogen-bond donors (Lipinski definition) is 1. The lowest BCUT2D eigenvalue weighted by Gasteiger charge is -2.15. The van der Waals surface area contributed by atoms with E-state index in [1.807, 2.05) is 19.9 Å². The Morgan fingerprint density at radius 2 is 1.96 bits per heavy atom. The molecule has 0 radical (unpaired) electrons. The number of aromatic nitrogens is 4. The van der Waals surface area contributed by atoms with Crippen LogP contribution in [0.3, 0.4) is 0 Å². The molecule has 1 N–H and O–H groups in total. The van der Waals surface area contributed by atoms with Crippen molar-refractivity contribution in [3.63, 3.8) is 0 Å². The largest absolute Gasteiger partial charge is 0.325 e. The average Bonchev–Trinajstić information content (AvgIpc) is 3.25. The summed E-state index contributed by atoms with van der Waals surface area (Å²) in [6, 6.07) is 7.36. The lowest BCUT2D eigenvalue weighted by atomic mass is 10.2. The molecule has 0 saturated heterocycles. The van der Waals surface area contributed by atoms with Crippen LogP contribution in [0, 0.1) is 19.7 Å². The molecule has 8 heteroatoms. The third-order valence-electron chi connectivity index (χ3n) is 4.80. The molecule has 1 aromatic carbocycles. The Morgan fingerprint density at radius 3 is 2.64 bits per heavy atom. The molecule has 3 aromatic rings. The maximum absolute atomic E-state index is 13.1. The maximum Gasteiger partial charge on any atom is 0.258 e. The zero-order valence-electron chi connectivity index (χ0n) is 15.7. The lowest BCUT2D eigenvalue weighted by Crippen LogP contribution is -2.34. The Labute approximate surface area is 160 Å². The highest BCUT2D eigenvalue weighted by molar-refractivity contribution is 5.90. The monoisotopic (exact) mass is 381 g/mol. The molecule has 0 unspecified atom stereocenters. The van der Waals surface area contributed by atoms with Crippen molar-refractivity contribution >= 4 is 11.6 Å². The van der Waals surface area contributed by atoms with E-state index in [-0.39, 0.29) is 17.9 Å². The number of amides is 1. The van der Waals surface area contributed by atoms with Crippen LogP contribution in [0.1, 0.15) is 29.1 Å². The highest BCUT2D eigenvalue weighted by atomic mass is 19.1. The van der Waals surface area contributed by atoms with Gasteiger partial charge in [0.15, 0.2) is 0 Å². The van der Waals surface area contributed by atoms with Crippen molar-refractivity contribution in [3.05, 3.63) is 69.1 Å². The van der Waals surface area contributed by atoms with Crippen LogP contribution in [0.4, 0.5) is 10.1 Å². The van der Waals surface area contributed by atoms with Crippen molar-refractivity contribution in [1.29, 1.82) is 0 Å². The highest BCUT2D eigenvalue weighted by Crippen LogP contribution is 2.19. The van der Waals surface area contributed by atoms with Crippen LogP contribution < -0.4 is 10.9 Å². The summed E-state index contributed by atoms with van der Waals surface area (Å²) in [5, 5.41) is 7.12. The minimum absolute atomic E-state index is 0.204. The Balaban J connectivity index is 1.73. The van der Waals surface area contributed by atoms with Crippen LogP contribution in [0.25, 0.3) is 5.95 Å². The van der Waals surface area contributed by atoms with Crippen molar-refractivity contribution in [2.24, 2.45) is 0 Å². The molecule has 1 amide bonds. The van der Waals surface area contributed by atoms with Crippen LogP contribution >= 0.6 is 0 Å². The Kier molecular flexibility index (Phi) is 4.54. The summed E-state index contributed by atoms with van der Waals surface area (Å²) in [6.45, 7) is 3.53. The summed E-state index contributed by atoms with van der Waals surface area (Å²) in [5.74, 6) is -0.439. The van der Waals surface area contributed by atoms with E-state index < -0.39 is 5.91 Å². The quantitative estimate of drug-likeness (QED) is 0.752. The number of benzene rings is 1. The fraction of sp³-hybridized carbons (Fsp3) is 0.300. The molecule has 1 aliphatic carbocycles. The first-order valence-corrected chi connectivity index (χ1v) is 9.14. The van der Waals surface area contributed by atoms with E-state index in [0.717, 1.165) is 29.9 Å². The van der Waals surface area contributed by atoms with Gasteiger partial charge in [0.25, 0.3) is 5.56 Å². The topological polar surface area (TPSA) is 81.8 Å². The SMILES string of the molecule is Cc1cc(C)n(-c2nc3c(c(=O)n2CC(=O)Nc2ccc(F)cc2)CCC3)n1. The first-order chi connectivity index (χ1) is 13.4. The highest BCUT2D eigenvalue weighted by Gasteiger charge is 2.23. The van der Waals surface area contributed by atoms with Gasteiger partial charge in [-0.3, -0.25) is 14.2 Å². The molecule has 4 rings (SSSR count). The third kappa shape index (κ3) is 3.33. The number of halogens is 1. The number of hydrogen-bond acceptors (Lipinski definition) is 4. The zero-order valence-corrected chi connectivity index (χ0v) is 15.7. The van der Waals surface area contributed by atoms with Crippen molar-refractivity contribution in [2.75, 3.05) is 5.32 Å². The van der Waals surface area contributed by atoms with Gasteiger partial charge < -0.3 is 5.32 Å². The molecule has 0 spiro atoms. The van der Waals surface area contributed by atoms with Gasteiger partial charge in [0.1, 0.15) is 12.4 Å². The van der Waals surface area contributed by atoms with Crippen LogP contribution in [0.15, 0.2) is 35.1 Å². The molecule has 2 aromatic heterocycles.